The second-order valence-corrected chi connectivity index (χ2v) is 27.2. The van der Waals surface area contributed by atoms with E-state index in [1.54, 1.807) is 0 Å². The van der Waals surface area contributed by atoms with Crippen LogP contribution in [0.2, 0.25) is 0 Å². The lowest BCUT2D eigenvalue weighted by molar-refractivity contribution is -0.147. The Hall–Kier alpha value is -2.77. The summed E-state index contributed by atoms with van der Waals surface area (Å²) < 4.78 is 4.95. The third-order valence-electron chi connectivity index (χ3n) is 7.25. The maximum Gasteiger partial charge on any atom is 0.244 e. The Morgan fingerprint density at radius 1 is 0.406 bits per heavy atom. The zero-order chi connectivity index (χ0) is 52.0. The Morgan fingerprint density at radius 3 is 0.984 bits per heavy atom. The molecule has 0 aromatic carbocycles. The van der Waals surface area contributed by atoms with E-state index < -0.39 is 0 Å². The summed E-state index contributed by atoms with van der Waals surface area (Å²) in [4.78, 5) is 66.9. The number of hydroxylamine groups is 2. The Kier molecular flexibility index (Phi) is 30.1. The maximum absolute atomic E-state index is 11.4. The van der Waals surface area contributed by atoms with Gasteiger partial charge < -0.3 is 20.7 Å². The van der Waals surface area contributed by atoms with E-state index in [0.29, 0.717) is 45.3 Å². The normalized spacial score (nSPS) is 13.9. The average molecular weight is 916 g/mol. The van der Waals surface area contributed by atoms with Crippen molar-refractivity contribution in [3.63, 3.8) is 0 Å². The van der Waals surface area contributed by atoms with Crippen molar-refractivity contribution in [2.45, 2.75) is 260 Å². The highest BCUT2D eigenvalue weighted by Crippen LogP contribution is 2.22. The third-order valence-corrected chi connectivity index (χ3v) is 7.25. The van der Waals surface area contributed by atoms with Crippen molar-refractivity contribution in [2.24, 2.45) is 27.1 Å². The molecule has 5 N–H and O–H groups in total. The van der Waals surface area contributed by atoms with Crippen LogP contribution in [-0.2, 0) is 38.4 Å². The standard InChI is InChI=1S/C11H23NO2.C11H23NO.C10H21NO2.C10H21NO.C9H17NO2/c1-10(2,3)8-7-9(13)12-14-11(4,5)6;1-10(2,3)8-7-9(13)12-11(4,5)6;1-9(2,3)7-8(12)11-13-10(4,5)6;1-9(2,3)7-8(12)11-10(4,5)6;1-9(2,3)4-8(11)10-7-5-12-6-7/h7-8H2,1-6H3,(H,12,13);7-8H2,1-6H3,(H,12,13);7H2,1-6H3,(H,11,12);7H2,1-6H3,(H,11,12);7H,4-6H2,1-3H3,(H,10,11). The second kappa shape index (κ2) is 28.4. The van der Waals surface area contributed by atoms with Gasteiger partial charge >= 0.3 is 0 Å². The van der Waals surface area contributed by atoms with Crippen molar-refractivity contribution in [1.29, 1.82) is 0 Å². The summed E-state index contributed by atoms with van der Waals surface area (Å²) in [5.41, 5.74) is 4.64. The molecule has 382 valence electrons. The fourth-order valence-electron chi connectivity index (χ4n) is 4.47. The molecular formula is C51H105N5O8. The monoisotopic (exact) mass is 916 g/mol. The zero-order valence-corrected chi connectivity index (χ0v) is 46.7. The molecule has 0 spiro atoms. The average Bonchev–Trinajstić information content (AvgIpc) is 2.94. The highest BCUT2D eigenvalue weighted by molar-refractivity contribution is 5.78. The lowest BCUT2D eigenvalue weighted by atomic mass is 9.90. The van der Waals surface area contributed by atoms with Gasteiger partial charge in [0.05, 0.1) is 30.5 Å². The molecule has 0 saturated carbocycles. The summed E-state index contributed by atoms with van der Waals surface area (Å²) >= 11 is 0. The first-order valence-electron chi connectivity index (χ1n) is 23.3. The quantitative estimate of drug-likeness (QED) is 0.135. The summed E-state index contributed by atoms with van der Waals surface area (Å²) in [5, 5.41) is 8.80. The van der Waals surface area contributed by atoms with Gasteiger partial charge in [-0.2, -0.15) is 0 Å². The number of carbonyl (C=O) groups is 5. The van der Waals surface area contributed by atoms with Gasteiger partial charge in [0.2, 0.25) is 29.5 Å². The number of carbonyl (C=O) groups excluding carboxylic acids is 5. The zero-order valence-electron chi connectivity index (χ0n) is 46.7. The molecule has 13 nitrogen and oxygen atoms in total. The minimum atomic E-state index is -0.326. The smallest absolute Gasteiger partial charge is 0.244 e. The summed E-state index contributed by atoms with van der Waals surface area (Å²) in [5.74, 6) is 0.311. The van der Waals surface area contributed by atoms with Crippen molar-refractivity contribution in [2.75, 3.05) is 13.2 Å². The predicted octanol–water partition coefficient (Wildman–Crippen LogP) is 10.9. The Balaban J connectivity index is -0.000000352. The SMILES string of the molecule is CC(C)(C)CC(=O)NC(C)(C)C.CC(C)(C)CC(=O)NC1COC1.CC(C)(C)CC(=O)NOC(C)(C)C.CC(C)(C)CCC(=O)NC(C)(C)C.CC(C)(C)CCC(=O)NOC(C)(C)C. The van der Waals surface area contributed by atoms with Gasteiger partial charge in [0.25, 0.3) is 0 Å². The molecule has 13 heteroatoms. The van der Waals surface area contributed by atoms with Crippen LogP contribution in [0.4, 0.5) is 0 Å². The minimum Gasteiger partial charge on any atom is -0.377 e. The van der Waals surface area contributed by atoms with Crippen LogP contribution in [0.15, 0.2) is 0 Å². The predicted molar refractivity (Wildman–Crippen MR) is 266 cm³/mol. The lowest BCUT2D eigenvalue weighted by Gasteiger charge is -2.28. The molecule has 1 aliphatic heterocycles. The molecule has 5 amide bonds. The van der Waals surface area contributed by atoms with E-state index in [1.807, 2.05) is 104 Å². The third kappa shape index (κ3) is 63.5. The maximum atomic E-state index is 11.4. The molecule has 1 rings (SSSR count). The van der Waals surface area contributed by atoms with Crippen molar-refractivity contribution in [1.82, 2.24) is 26.9 Å². The topological polar surface area (TPSA) is 173 Å². The van der Waals surface area contributed by atoms with E-state index in [1.165, 1.54) is 0 Å². The van der Waals surface area contributed by atoms with Gasteiger partial charge in [-0.25, -0.2) is 11.0 Å². The molecule has 0 aromatic heterocycles. The van der Waals surface area contributed by atoms with Crippen LogP contribution in [0.3, 0.4) is 0 Å². The van der Waals surface area contributed by atoms with Crippen LogP contribution in [0.1, 0.15) is 232 Å². The van der Waals surface area contributed by atoms with Gasteiger partial charge in [0, 0.05) is 43.2 Å². The number of rotatable bonds is 10. The fraction of sp³-hybridized carbons (Fsp3) is 0.902. The number of amides is 5. The van der Waals surface area contributed by atoms with Crippen molar-refractivity contribution in [3.05, 3.63) is 0 Å². The Bertz CT molecular complexity index is 1260. The fourth-order valence-corrected chi connectivity index (χ4v) is 4.47. The van der Waals surface area contributed by atoms with Crippen LogP contribution in [0.25, 0.3) is 0 Å². The van der Waals surface area contributed by atoms with Crippen LogP contribution < -0.4 is 26.9 Å². The van der Waals surface area contributed by atoms with Crippen LogP contribution in [0, 0.1) is 27.1 Å². The highest BCUT2D eigenvalue weighted by atomic mass is 16.7. The van der Waals surface area contributed by atoms with Crippen LogP contribution in [0.5, 0.6) is 0 Å². The van der Waals surface area contributed by atoms with E-state index in [9.17, 15) is 24.0 Å². The number of nitrogens with one attached hydrogen (secondary N) is 5. The van der Waals surface area contributed by atoms with Crippen LogP contribution >= 0.6 is 0 Å². The Labute approximate surface area is 394 Å². The molecular weight excluding hydrogens is 811 g/mol. The molecule has 1 heterocycles. The van der Waals surface area contributed by atoms with Gasteiger partial charge in [-0.15, -0.1) is 0 Å². The van der Waals surface area contributed by atoms with Gasteiger partial charge in [0.15, 0.2) is 0 Å². The molecule has 64 heavy (non-hydrogen) atoms. The van der Waals surface area contributed by atoms with Gasteiger partial charge in [-0.1, -0.05) is 104 Å². The first-order chi connectivity index (χ1) is 27.9. The molecule has 0 bridgehead atoms. The molecule has 0 radical (unpaired) electrons. The first-order valence-corrected chi connectivity index (χ1v) is 23.3. The van der Waals surface area contributed by atoms with Crippen molar-refractivity contribution >= 4 is 29.5 Å². The summed E-state index contributed by atoms with van der Waals surface area (Å²) in [6.45, 7) is 55.9. The van der Waals surface area contributed by atoms with E-state index >= 15 is 0 Å². The lowest BCUT2D eigenvalue weighted by Crippen LogP contribution is -2.49. The number of hydrogen-bond acceptors (Lipinski definition) is 8. The minimum absolute atomic E-state index is 0.00529. The largest absolute Gasteiger partial charge is 0.377 e. The summed E-state index contributed by atoms with van der Waals surface area (Å²) in [7, 11) is 0. The van der Waals surface area contributed by atoms with E-state index in [0.717, 1.165) is 12.8 Å². The first kappa shape index (κ1) is 67.8. The summed E-state index contributed by atoms with van der Waals surface area (Å²) in [6, 6.07) is 0.264. The second-order valence-electron chi connectivity index (χ2n) is 27.2. The molecule has 0 aliphatic carbocycles. The highest BCUT2D eigenvalue weighted by Gasteiger charge is 2.24. The molecule has 0 atom stereocenters. The van der Waals surface area contributed by atoms with Gasteiger partial charge in [-0.3, -0.25) is 33.6 Å². The van der Waals surface area contributed by atoms with E-state index in [-0.39, 0.29) is 84.9 Å². The molecule has 0 aromatic rings. The van der Waals surface area contributed by atoms with Gasteiger partial charge in [0.1, 0.15) is 0 Å². The number of ether oxygens (including phenoxy) is 1. The van der Waals surface area contributed by atoms with Crippen molar-refractivity contribution in [3.8, 4) is 0 Å². The molecule has 1 saturated heterocycles. The Morgan fingerprint density at radius 2 is 0.703 bits per heavy atom. The van der Waals surface area contributed by atoms with Gasteiger partial charge in [-0.05, 0) is 123 Å². The molecule has 1 fully saturated rings. The molecule has 1 aliphatic rings. The van der Waals surface area contributed by atoms with E-state index in [4.69, 9.17) is 14.4 Å². The summed E-state index contributed by atoms with van der Waals surface area (Å²) in [6.07, 6.45) is 4.60. The number of hydrogen-bond donors (Lipinski definition) is 5. The van der Waals surface area contributed by atoms with Crippen LogP contribution in [-0.4, -0.2) is 71.1 Å². The van der Waals surface area contributed by atoms with Crippen molar-refractivity contribution < 1.29 is 38.4 Å². The molecule has 0 unspecified atom stereocenters. The van der Waals surface area contributed by atoms with E-state index in [2.05, 4.69) is 110 Å².